The molecule has 1 rings (SSSR count). The number of halogens is 1. The van der Waals surface area contributed by atoms with Crippen molar-refractivity contribution in [2.24, 2.45) is 0 Å². The minimum atomic E-state index is -1.09. The Morgan fingerprint density at radius 3 is 2.47 bits per heavy atom. The Labute approximate surface area is 114 Å². The Balaban J connectivity index is 2.83. The lowest BCUT2D eigenvalue weighted by molar-refractivity contribution is 0.611. The average Bonchev–Trinajstić information content (AvgIpc) is 2.14. The van der Waals surface area contributed by atoms with Gasteiger partial charge in [-0.25, -0.2) is 13.9 Å². The molecule has 1 N–H and O–H groups in total. The number of aryl methyl sites for hydroxylation is 1. The molecule has 0 saturated heterocycles. The number of aromatic nitrogens is 1. The van der Waals surface area contributed by atoms with Crippen LogP contribution in [-0.4, -0.2) is 13.9 Å². The molecule has 0 aromatic carbocycles. The van der Waals surface area contributed by atoms with Gasteiger partial charge in [-0.05, 0) is 68.2 Å². The van der Waals surface area contributed by atoms with Gasteiger partial charge < -0.3 is 0 Å². The first-order valence-corrected chi connectivity index (χ1v) is 7.46. The van der Waals surface area contributed by atoms with Gasteiger partial charge in [-0.1, -0.05) is 0 Å². The van der Waals surface area contributed by atoms with Gasteiger partial charge in [0.25, 0.3) is 0 Å². The molecule has 1 heterocycles. The molecule has 1 aromatic heterocycles. The Hall–Kier alpha value is -0.260. The van der Waals surface area contributed by atoms with Crippen LogP contribution in [0, 0.1) is 6.92 Å². The first-order chi connectivity index (χ1) is 7.70. The quantitative estimate of drug-likeness (QED) is 0.869. The highest BCUT2D eigenvalue weighted by molar-refractivity contribution is 9.10. The molecule has 0 spiro atoms. The van der Waals surface area contributed by atoms with Gasteiger partial charge in [0.05, 0.1) is 27.5 Å². The van der Waals surface area contributed by atoms with E-state index >= 15 is 0 Å². The Bertz CT molecular complexity index is 409. The number of rotatable bonds is 3. The number of nitrogens with one attached hydrogen (secondary N) is 1. The molecule has 0 radical (unpaired) electrons. The molecule has 3 nitrogen and oxygen atoms in total. The van der Waals surface area contributed by atoms with Crippen molar-refractivity contribution in [3.63, 3.8) is 0 Å². The number of hydrogen-bond donors (Lipinski definition) is 1. The van der Waals surface area contributed by atoms with E-state index in [0.29, 0.717) is 0 Å². The van der Waals surface area contributed by atoms with Gasteiger partial charge in [0.1, 0.15) is 4.60 Å². The van der Waals surface area contributed by atoms with Crippen LogP contribution in [0.5, 0.6) is 0 Å². The van der Waals surface area contributed by atoms with Crippen molar-refractivity contribution in [2.75, 3.05) is 0 Å². The van der Waals surface area contributed by atoms with Crippen molar-refractivity contribution < 1.29 is 4.21 Å². The zero-order valence-corrected chi connectivity index (χ0v) is 13.3. The molecular formula is C12H19BrN2OS. The second-order valence-corrected chi connectivity index (χ2v) is 7.92. The highest BCUT2D eigenvalue weighted by Gasteiger charge is 2.22. The lowest BCUT2D eigenvalue weighted by Crippen LogP contribution is -2.35. The van der Waals surface area contributed by atoms with Crippen molar-refractivity contribution in [3.05, 3.63) is 28.0 Å². The maximum atomic E-state index is 12.0. The van der Waals surface area contributed by atoms with Crippen molar-refractivity contribution in [3.8, 4) is 0 Å². The highest BCUT2D eigenvalue weighted by Crippen LogP contribution is 2.19. The summed E-state index contributed by atoms with van der Waals surface area (Å²) in [7, 11) is -1.09. The van der Waals surface area contributed by atoms with Gasteiger partial charge in [0.2, 0.25) is 0 Å². The summed E-state index contributed by atoms with van der Waals surface area (Å²) in [6, 6.07) is 3.92. The van der Waals surface area contributed by atoms with Crippen molar-refractivity contribution in [1.82, 2.24) is 9.71 Å². The fraction of sp³-hybridized carbons (Fsp3) is 0.583. The monoisotopic (exact) mass is 318 g/mol. The maximum absolute atomic E-state index is 12.0. The van der Waals surface area contributed by atoms with Crippen LogP contribution in [0.15, 0.2) is 16.7 Å². The first-order valence-electron chi connectivity index (χ1n) is 5.52. The normalized spacial score (nSPS) is 15.6. The summed E-state index contributed by atoms with van der Waals surface area (Å²) in [5.41, 5.74) is 2.03. The molecule has 96 valence electrons. The molecule has 0 aliphatic heterocycles. The summed E-state index contributed by atoms with van der Waals surface area (Å²) in [5, 5.41) is 0. The van der Waals surface area contributed by atoms with Gasteiger partial charge in [-0.2, -0.15) is 0 Å². The molecule has 0 amide bonds. The topological polar surface area (TPSA) is 42.0 Å². The third kappa shape index (κ3) is 4.48. The molecule has 0 aliphatic carbocycles. The summed E-state index contributed by atoms with van der Waals surface area (Å²) in [5.74, 6) is 0. The number of pyridine rings is 1. The van der Waals surface area contributed by atoms with Crippen LogP contribution in [0.1, 0.15) is 45.0 Å². The summed E-state index contributed by atoms with van der Waals surface area (Å²) in [4.78, 5) is 4.39. The van der Waals surface area contributed by atoms with E-state index < -0.39 is 11.0 Å². The molecule has 5 heteroatoms. The van der Waals surface area contributed by atoms with Crippen LogP contribution in [0.4, 0.5) is 0 Å². The van der Waals surface area contributed by atoms with Gasteiger partial charge >= 0.3 is 0 Å². The van der Waals surface area contributed by atoms with Gasteiger partial charge in [-0.3, -0.25) is 0 Å². The fourth-order valence-corrected chi connectivity index (χ4v) is 2.63. The average molecular weight is 319 g/mol. The van der Waals surface area contributed by atoms with Gasteiger partial charge in [-0.15, -0.1) is 0 Å². The van der Waals surface area contributed by atoms with E-state index in [0.717, 1.165) is 15.9 Å². The highest BCUT2D eigenvalue weighted by atomic mass is 79.9. The predicted molar refractivity (Wildman–Crippen MR) is 76.1 cm³/mol. The minimum Gasteiger partial charge on any atom is -0.244 e. The maximum Gasteiger partial charge on any atom is 0.106 e. The molecule has 0 aliphatic rings. The smallest absolute Gasteiger partial charge is 0.106 e. The van der Waals surface area contributed by atoms with E-state index in [2.05, 4.69) is 25.6 Å². The Morgan fingerprint density at radius 2 is 2.00 bits per heavy atom. The lowest BCUT2D eigenvalue weighted by Gasteiger charge is -2.21. The van der Waals surface area contributed by atoms with Crippen molar-refractivity contribution >= 4 is 26.9 Å². The Kier molecular flexibility index (Phi) is 4.86. The molecule has 2 atom stereocenters. The van der Waals surface area contributed by atoms with E-state index in [1.54, 1.807) is 0 Å². The second kappa shape index (κ2) is 5.59. The zero-order valence-electron chi connectivity index (χ0n) is 10.9. The van der Waals surface area contributed by atoms with Crippen LogP contribution >= 0.6 is 15.9 Å². The van der Waals surface area contributed by atoms with Crippen LogP contribution in [0.3, 0.4) is 0 Å². The molecule has 0 unspecified atom stereocenters. The molecule has 0 fully saturated rings. The van der Waals surface area contributed by atoms with Crippen molar-refractivity contribution in [1.29, 1.82) is 0 Å². The van der Waals surface area contributed by atoms with E-state index in [-0.39, 0.29) is 10.8 Å². The summed E-state index contributed by atoms with van der Waals surface area (Å²) in [6.45, 7) is 9.83. The van der Waals surface area contributed by atoms with Gasteiger partial charge in [0.15, 0.2) is 0 Å². The molecular weight excluding hydrogens is 300 g/mol. The van der Waals surface area contributed by atoms with Crippen LogP contribution in [0.2, 0.25) is 0 Å². The van der Waals surface area contributed by atoms with Crippen LogP contribution < -0.4 is 4.72 Å². The zero-order chi connectivity index (χ0) is 13.2. The number of hydrogen-bond acceptors (Lipinski definition) is 2. The van der Waals surface area contributed by atoms with E-state index in [9.17, 15) is 4.21 Å². The van der Waals surface area contributed by atoms with E-state index in [1.165, 1.54) is 0 Å². The third-order valence-electron chi connectivity index (χ3n) is 2.24. The summed E-state index contributed by atoms with van der Waals surface area (Å²) in [6.07, 6.45) is 0. The first kappa shape index (κ1) is 14.8. The third-order valence-corrected chi connectivity index (χ3v) is 4.33. The lowest BCUT2D eigenvalue weighted by atomic mass is 10.2. The standard InChI is InChI=1S/C12H19BrN2OS/c1-8-6-10(14-11(13)7-8)9(2)15-17(16)12(3,4)5/h6-7,9,15H,1-5H3/t9-,17+/m1/s1. The van der Waals surface area contributed by atoms with Crippen LogP contribution in [0.25, 0.3) is 0 Å². The SMILES string of the molecule is Cc1cc(Br)nc([C@@H](C)N[S@@](=O)C(C)(C)C)c1. The summed E-state index contributed by atoms with van der Waals surface area (Å²) < 4.78 is 15.6. The molecule has 0 saturated carbocycles. The van der Waals surface area contributed by atoms with Crippen molar-refractivity contribution in [2.45, 2.75) is 45.4 Å². The summed E-state index contributed by atoms with van der Waals surface area (Å²) >= 11 is 3.37. The Morgan fingerprint density at radius 1 is 1.41 bits per heavy atom. The van der Waals surface area contributed by atoms with E-state index in [1.807, 2.05) is 46.8 Å². The van der Waals surface area contributed by atoms with Gasteiger partial charge in [0, 0.05) is 0 Å². The number of nitrogens with zero attached hydrogens (tertiary/aromatic N) is 1. The molecule has 0 bridgehead atoms. The molecule has 17 heavy (non-hydrogen) atoms. The second-order valence-electron chi connectivity index (χ2n) is 5.11. The predicted octanol–water partition coefficient (Wildman–Crippen LogP) is 3.27. The fourth-order valence-electron chi connectivity index (χ4n) is 1.27. The van der Waals surface area contributed by atoms with E-state index in [4.69, 9.17) is 0 Å². The minimum absolute atomic E-state index is 0.0359. The molecule has 1 aromatic rings. The van der Waals surface area contributed by atoms with Crippen LogP contribution in [-0.2, 0) is 11.0 Å². The largest absolute Gasteiger partial charge is 0.244 e.